The molecule has 0 aliphatic carbocycles. The molecule has 4 rings (SSSR count). The van der Waals surface area contributed by atoms with Crippen LogP contribution in [0, 0.1) is 6.92 Å². The minimum atomic E-state index is 0.163. The van der Waals surface area contributed by atoms with E-state index in [-0.39, 0.29) is 5.91 Å². The number of benzene rings is 2. The molecule has 0 saturated carbocycles. The second-order valence-electron chi connectivity index (χ2n) is 7.86. The lowest BCUT2D eigenvalue weighted by atomic mass is 10.0. The Hall–Kier alpha value is -1.85. The van der Waals surface area contributed by atoms with Gasteiger partial charge in [0.1, 0.15) is 0 Å². The van der Waals surface area contributed by atoms with Crippen LogP contribution in [0.5, 0.6) is 0 Å². The fourth-order valence-corrected chi connectivity index (χ4v) is 4.72. The molecule has 2 fully saturated rings. The summed E-state index contributed by atoms with van der Waals surface area (Å²) in [6.45, 7) is 8.16. The molecule has 2 saturated heterocycles. The Bertz CT molecular complexity index is 815. The van der Waals surface area contributed by atoms with Crippen LogP contribution < -0.4 is 4.90 Å². The van der Waals surface area contributed by atoms with Crippen molar-refractivity contribution in [3.8, 4) is 0 Å². The van der Waals surface area contributed by atoms with Crippen LogP contribution >= 0.6 is 15.9 Å². The number of nitrogens with zero attached hydrogens (tertiary/aromatic N) is 3. The molecule has 0 radical (unpaired) electrons. The first kappa shape index (κ1) is 19.5. The topological polar surface area (TPSA) is 26.8 Å². The number of amides is 1. The van der Waals surface area contributed by atoms with Gasteiger partial charge >= 0.3 is 0 Å². The van der Waals surface area contributed by atoms with Crippen LogP contribution in [0.3, 0.4) is 0 Å². The van der Waals surface area contributed by atoms with Crippen molar-refractivity contribution in [3.63, 3.8) is 0 Å². The van der Waals surface area contributed by atoms with Crippen LogP contribution in [0.15, 0.2) is 53.0 Å². The first-order chi connectivity index (χ1) is 13.6. The fraction of sp³-hybridized carbons (Fsp3) is 0.435. The van der Waals surface area contributed by atoms with Gasteiger partial charge in [-0.25, -0.2) is 0 Å². The quantitative estimate of drug-likeness (QED) is 0.714. The summed E-state index contributed by atoms with van der Waals surface area (Å²) < 4.78 is 1.01. The predicted octanol–water partition coefficient (Wildman–Crippen LogP) is 4.18. The smallest absolute Gasteiger partial charge is 0.253 e. The van der Waals surface area contributed by atoms with E-state index in [1.165, 1.54) is 17.7 Å². The molecule has 1 amide bonds. The van der Waals surface area contributed by atoms with Crippen molar-refractivity contribution in [1.29, 1.82) is 0 Å². The summed E-state index contributed by atoms with van der Waals surface area (Å²) in [5.74, 6) is 0.163. The number of carbonyl (C=O) groups is 1. The van der Waals surface area contributed by atoms with E-state index in [4.69, 9.17) is 0 Å². The Labute approximate surface area is 176 Å². The zero-order valence-corrected chi connectivity index (χ0v) is 18.1. The summed E-state index contributed by atoms with van der Waals surface area (Å²) in [6.07, 6.45) is 2.28. The molecule has 0 N–H and O–H groups in total. The summed E-state index contributed by atoms with van der Waals surface area (Å²) >= 11 is 3.44. The van der Waals surface area contributed by atoms with E-state index in [1.54, 1.807) is 0 Å². The van der Waals surface area contributed by atoms with E-state index >= 15 is 0 Å². The van der Waals surface area contributed by atoms with Crippen molar-refractivity contribution in [2.45, 2.75) is 25.8 Å². The molecule has 148 valence electrons. The van der Waals surface area contributed by atoms with Crippen LogP contribution in [-0.2, 0) is 0 Å². The van der Waals surface area contributed by atoms with Gasteiger partial charge in [-0.05, 0) is 55.7 Å². The average molecular weight is 442 g/mol. The minimum absolute atomic E-state index is 0.163. The number of rotatable bonds is 3. The summed E-state index contributed by atoms with van der Waals surface area (Å²) in [7, 11) is 0. The predicted molar refractivity (Wildman–Crippen MR) is 118 cm³/mol. The SMILES string of the molecule is Cc1ccccc1N1CCN(C2CCCN(C(=O)c3ccc(Br)cc3)C2)CC1. The minimum Gasteiger partial charge on any atom is -0.369 e. The molecule has 2 aromatic carbocycles. The molecule has 2 aromatic rings. The summed E-state index contributed by atoms with van der Waals surface area (Å²) in [6, 6.07) is 16.8. The largest absolute Gasteiger partial charge is 0.369 e. The molecule has 0 spiro atoms. The van der Waals surface area contributed by atoms with Crippen molar-refractivity contribution in [2.24, 2.45) is 0 Å². The molecule has 2 heterocycles. The van der Waals surface area contributed by atoms with Crippen molar-refractivity contribution in [2.75, 3.05) is 44.2 Å². The van der Waals surface area contributed by atoms with Crippen molar-refractivity contribution < 1.29 is 4.79 Å². The summed E-state index contributed by atoms with van der Waals surface area (Å²) in [5.41, 5.74) is 3.49. The molecule has 28 heavy (non-hydrogen) atoms. The van der Waals surface area contributed by atoms with E-state index in [1.807, 2.05) is 29.2 Å². The lowest BCUT2D eigenvalue weighted by molar-refractivity contribution is 0.0563. The van der Waals surface area contributed by atoms with E-state index in [9.17, 15) is 4.79 Å². The van der Waals surface area contributed by atoms with E-state index in [0.717, 1.165) is 55.7 Å². The van der Waals surface area contributed by atoms with Crippen molar-refractivity contribution in [1.82, 2.24) is 9.80 Å². The Balaban J connectivity index is 1.36. The van der Waals surface area contributed by atoms with Gasteiger partial charge in [-0.1, -0.05) is 34.1 Å². The zero-order chi connectivity index (χ0) is 19.5. The highest BCUT2D eigenvalue weighted by Gasteiger charge is 2.30. The number of halogens is 1. The van der Waals surface area contributed by atoms with E-state index in [2.05, 4.69) is 56.9 Å². The molecule has 0 bridgehead atoms. The highest BCUT2D eigenvalue weighted by Crippen LogP contribution is 2.24. The number of para-hydroxylation sites is 1. The molecule has 2 aliphatic heterocycles. The number of hydrogen-bond acceptors (Lipinski definition) is 3. The van der Waals surface area contributed by atoms with Crippen LogP contribution in [0.2, 0.25) is 0 Å². The van der Waals surface area contributed by atoms with Gasteiger partial charge in [-0.3, -0.25) is 9.69 Å². The van der Waals surface area contributed by atoms with Crippen LogP contribution in [-0.4, -0.2) is 61.0 Å². The third kappa shape index (κ3) is 4.26. The van der Waals surface area contributed by atoms with Gasteiger partial charge in [0.05, 0.1) is 0 Å². The number of piperidine rings is 1. The molecular weight excluding hydrogens is 414 g/mol. The number of piperazine rings is 1. The number of likely N-dealkylation sites (tertiary alicyclic amines) is 1. The Morgan fingerprint density at radius 2 is 1.68 bits per heavy atom. The van der Waals surface area contributed by atoms with Crippen LogP contribution in [0.4, 0.5) is 5.69 Å². The van der Waals surface area contributed by atoms with E-state index < -0.39 is 0 Å². The van der Waals surface area contributed by atoms with Gasteiger partial charge in [0.15, 0.2) is 0 Å². The monoisotopic (exact) mass is 441 g/mol. The third-order valence-corrected chi connectivity index (χ3v) is 6.59. The van der Waals surface area contributed by atoms with Gasteiger partial charge in [0, 0.05) is 61.0 Å². The Morgan fingerprint density at radius 1 is 0.964 bits per heavy atom. The van der Waals surface area contributed by atoms with E-state index in [0.29, 0.717) is 6.04 Å². The number of carbonyl (C=O) groups excluding carboxylic acids is 1. The number of aryl methyl sites for hydroxylation is 1. The maximum atomic E-state index is 12.9. The van der Waals surface area contributed by atoms with Gasteiger partial charge < -0.3 is 9.80 Å². The van der Waals surface area contributed by atoms with Gasteiger partial charge in [0.25, 0.3) is 5.91 Å². The third-order valence-electron chi connectivity index (χ3n) is 6.06. The zero-order valence-electron chi connectivity index (χ0n) is 16.5. The second kappa shape index (κ2) is 8.66. The fourth-order valence-electron chi connectivity index (χ4n) is 4.46. The van der Waals surface area contributed by atoms with Gasteiger partial charge in [0.2, 0.25) is 0 Å². The lowest BCUT2D eigenvalue weighted by Crippen LogP contribution is -2.56. The van der Waals surface area contributed by atoms with Crippen LogP contribution in [0.1, 0.15) is 28.8 Å². The molecule has 2 aliphatic rings. The standard InChI is InChI=1S/C23H28BrN3O/c1-18-5-2-3-7-22(18)26-15-13-25(14-16-26)21-6-4-12-27(17-21)23(28)19-8-10-20(24)11-9-19/h2-3,5,7-11,21H,4,6,12-17H2,1H3. The molecule has 1 unspecified atom stereocenters. The second-order valence-corrected chi connectivity index (χ2v) is 8.78. The maximum absolute atomic E-state index is 12.9. The summed E-state index contributed by atoms with van der Waals surface area (Å²) in [5, 5.41) is 0. The highest BCUT2D eigenvalue weighted by molar-refractivity contribution is 9.10. The first-order valence-electron chi connectivity index (χ1n) is 10.2. The van der Waals surface area contributed by atoms with Crippen molar-refractivity contribution >= 4 is 27.5 Å². The molecule has 4 nitrogen and oxygen atoms in total. The van der Waals surface area contributed by atoms with Crippen LogP contribution in [0.25, 0.3) is 0 Å². The number of hydrogen-bond donors (Lipinski definition) is 0. The first-order valence-corrected chi connectivity index (χ1v) is 11.0. The average Bonchev–Trinajstić information content (AvgIpc) is 2.74. The lowest BCUT2D eigenvalue weighted by Gasteiger charge is -2.44. The molecule has 1 atom stereocenters. The molecule has 0 aromatic heterocycles. The Kier molecular flexibility index (Phi) is 6.02. The molecular formula is C23H28BrN3O. The van der Waals surface area contributed by atoms with Crippen molar-refractivity contribution in [3.05, 3.63) is 64.1 Å². The maximum Gasteiger partial charge on any atom is 0.253 e. The summed E-state index contributed by atoms with van der Waals surface area (Å²) in [4.78, 5) is 20.0. The Morgan fingerprint density at radius 3 is 2.39 bits per heavy atom. The molecule has 5 heteroatoms. The highest BCUT2D eigenvalue weighted by atomic mass is 79.9. The normalized spacial score (nSPS) is 21.0. The van der Waals surface area contributed by atoms with Gasteiger partial charge in [-0.2, -0.15) is 0 Å². The van der Waals surface area contributed by atoms with Gasteiger partial charge in [-0.15, -0.1) is 0 Å². The number of anilines is 1.